The fourth-order valence-electron chi connectivity index (χ4n) is 1.97. The molecular formula is C13H20O4. The Bertz CT molecular complexity index is 307. The first-order valence-electron chi connectivity index (χ1n) is 6.12. The van der Waals surface area contributed by atoms with Gasteiger partial charge in [0.25, 0.3) is 0 Å². The summed E-state index contributed by atoms with van der Waals surface area (Å²) in [5, 5.41) is 9.25. The first-order chi connectivity index (χ1) is 8.13. The van der Waals surface area contributed by atoms with E-state index in [4.69, 9.17) is 0 Å². The average molecular weight is 240 g/mol. The molecule has 0 saturated carbocycles. The van der Waals surface area contributed by atoms with Crippen molar-refractivity contribution in [2.24, 2.45) is 0 Å². The van der Waals surface area contributed by atoms with Gasteiger partial charge in [0, 0.05) is 12.8 Å². The molecule has 0 aliphatic heterocycles. The summed E-state index contributed by atoms with van der Waals surface area (Å²) >= 11 is 0. The molecule has 4 nitrogen and oxygen atoms in total. The molecule has 0 heterocycles. The Kier molecular flexibility index (Phi) is 5.91. The lowest BCUT2D eigenvalue weighted by molar-refractivity contribution is -0.140. The SMILES string of the molecule is COC(=O)CCCCCCC1=C[C@@H](O)CC1=O. The van der Waals surface area contributed by atoms with E-state index in [2.05, 4.69) is 4.74 Å². The van der Waals surface area contributed by atoms with Gasteiger partial charge < -0.3 is 9.84 Å². The van der Waals surface area contributed by atoms with Crippen molar-refractivity contribution in [3.05, 3.63) is 11.6 Å². The van der Waals surface area contributed by atoms with Crippen molar-refractivity contribution in [3.8, 4) is 0 Å². The van der Waals surface area contributed by atoms with E-state index in [1.165, 1.54) is 7.11 Å². The van der Waals surface area contributed by atoms with E-state index in [9.17, 15) is 14.7 Å². The van der Waals surface area contributed by atoms with Gasteiger partial charge in [0.1, 0.15) is 0 Å². The van der Waals surface area contributed by atoms with Gasteiger partial charge in [-0.3, -0.25) is 9.59 Å². The van der Waals surface area contributed by atoms with Crippen LogP contribution in [0.1, 0.15) is 44.9 Å². The van der Waals surface area contributed by atoms with Crippen molar-refractivity contribution in [3.63, 3.8) is 0 Å². The predicted molar refractivity (Wildman–Crippen MR) is 63.4 cm³/mol. The van der Waals surface area contributed by atoms with Crippen molar-refractivity contribution in [2.75, 3.05) is 7.11 Å². The zero-order valence-electron chi connectivity index (χ0n) is 10.3. The smallest absolute Gasteiger partial charge is 0.305 e. The van der Waals surface area contributed by atoms with Crippen LogP contribution in [0.15, 0.2) is 11.6 Å². The molecule has 0 aromatic rings. The van der Waals surface area contributed by atoms with Gasteiger partial charge >= 0.3 is 5.97 Å². The van der Waals surface area contributed by atoms with Crippen LogP contribution in [0.4, 0.5) is 0 Å². The minimum Gasteiger partial charge on any atom is -0.469 e. The number of aliphatic hydroxyl groups is 1. The van der Waals surface area contributed by atoms with Gasteiger partial charge in [-0.25, -0.2) is 0 Å². The quantitative estimate of drug-likeness (QED) is 0.544. The molecule has 17 heavy (non-hydrogen) atoms. The molecule has 1 rings (SSSR count). The van der Waals surface area contributed by atoms with E-state index in [-0.39, 0.29) is 18.2 Å². The second kappa shape index (κ2) is 7.22. The van der Waals surface area contributed by atoms with Gasteiger partial charge in [-0.1, -0.05) is 12.8 Å². The first kappa shape index (κ1) is 13.9. The number of carbonyl (C=O) groups is 2. The van der Waals surface area contributed by atoms with Crippen molar-refractivity contribution in [2.45, 2.75) is 51.0 Å². The van der Waals surface area contributed by atoms with E-state index in [1.54, 1.807) is 6.08 Å². The molecule has 96 valence electrons. The molecule has 1 N–H and O–H groups in total. The van der Waals surface area contributed by atoms with Crippen LogP contribution in [0, 0.1) is 0 Å². The Morgan fingerprint density at radius 2 is 2.12 bits per heavy atom. The molecule has 1 atom stereocenters. The number of methoxy groups -OCH3 is 1. The minimum atomic E-state index is -0.572. The summed E-state index contributed by atoms with van der Waals surface area (Å²) < 4.78 is 4.54. The highest BCUT2D eigenvalue weighted by atomic mass is 16.5. The van der Waals surface area contributed by atoms with E-state index >= 15 is 0 Å². The number of rotatable bonds is 7. The van der Waals surface area contributed by atoms with Crippen LogP contribution >= 0.6 is 0 Å². The Morgan fingerprint density at radius 3 is 2.71 bits per heavy atom. The summed E-state index contributed by atoms with van der Waals surface area (Å²) in [6, 6.07) is 0. The fourth-order valence-corrected chi connectivity index (χ4v) is 1.97. The maximum atomic E-state index is 11.3. The fraction of sp³-hybridized carbons (Fsp3) is 0.692. The maximum Gasteiger partial charge on any atom is 0.305 e. The number of ketones is 1. The number of ether oxygens (including phenoxy) is 1. The lowest BCUT2D eigenvalue weighted by Crippen LogP contribution is -2.01. The summed E-state index contributed by atoms with van der Waals surface area (Å²) in [4.78, 5) is 22.2. The molecule has 0 saturated heterocycles. The minimum absolute atomic E-state index is 0.0760. The standard InChI is InChI=1S/C13H20O4/c1-17-13(16)7-5-3-2-4-6-10-8-11(14)9-12(10)15/h8,11,14H,2-7,9H2,1H3/t11-/m1/s1. The van der Waals surface area contributed by atoms with Crippen molar-refractivity contribution in [1.82, 2.24) is 0 Å². The zero-order chi connectivity index (χ0) is 12.7. The molecule has 1 aliphatic rings. The monoisotopic (exact) mass is 240 g/mol. The number of esters is 1. The molecule has 0 amide bonds. The van der Waals surface area contributed by atoms with Crippen LogP contribution in [-0.2, 0) is 14.3 Å². The largest absolute Gasteiger partial charge is 0.469 e. The highest BCUT2D eigenvalue weighted by molar-refractivity contribution is 5.98. The predicted octanol–water partition coefficient (Wildman–Crippen LogP) is 1.76. The van der Waals surface area contributed by atoms with Gasteiger partial charge in [0.15, 0.2) is 5.78 Å². The molecular weight excluding hydrogens is 220 g/mol. The van der Waals surface area contributed by atoms with Crippen molar-refractivity contribution < 1.29 is 19.4 Å². The maximum absolute atomic E-state index is 11.3. The molecule has 0 aromatic carbocycles. The summed E-state index contributed by atoms with van der Waals surface area (Å²) in [6.45, 7) is 0. The Hall–Kier alpha value is -1.16. The Morgan fingerprint density at radius 1 is 1.41 bits per heavy atom. The Labute approximate surface area is 102 Å². The van der Waals surface area contributed by atoms with Crippen LogP contribution in [0.25, 0.3) is 0 Å². The third-order valence-corrected chi connectivity index (χ3v) is 2.95. The molecule has 0 bridgehead atoms. The number of hydrogen-bond donors (Lipinski definition) is 1. The summed E-state index contributed by atoms with van der Waals surface area (Å²) in [5.74, 6) is -0.0890. The normalized spacial score (nSPS) is 19.3. The van der Waals surface area contributed by atoms with Crippen LogP contribution in [0.2, 0.25) is 0 Å². The van der Waals surface area contributed by atoms with Crippen LogP contribution in [0.5, 0.6) is 0 Å². The van der Waals surface area contributed by atoms with Crippen LogP contribution in [-0.4, -0.2) is 30.1 Å². The highest BCUT2D eigenvalue weighted by Gasteiger charge is 2.21. The second-order valence-electron chi connectivity index (χ2n) is 4.38. The number of allylic oxidation sites excluding steroid dienone is 1. The zero-order valence-corrected chi connectivity index (χ0v) is 10.3. The molecule has 0 unspecified atom stereocenters. The Balaban J connectivity index is 2.03. The number of unbranched alkanes of at least 4 members (excludes halogenated alkanes) is 3. The van der Waals surface area contributed by atoms with Gasteiger partial charge in [-0.05, 0) is 30.9 Å². The topological polar surface area (TPSA) is 63.6 Å². The van der Waals surface area contributed by atoms with E-state index < -0.39 is 6.10 Å². The number of hydrogen-bond acceptors (Lipinski definition) is 4. The van der Waals surface area contributed by atoms with E-state index in [1.807, 2.05) is 0 Å². The lowest BCUT2D eigenvalue weighted by Gasteiger charge is -2.01. The summed E-state index contributed by atoms with van der Waals surface area (Å²) in [7, 11) is 1.39. The summed E-state index contributed by atoms with van der Waals surface area (Å²) in [6.07, 6.45) is 6.29. The number of aliphatic hydroxyl groups excluding tert-OH is 1. The molecule has 0 fully saturated rings. The second-order valence-corrected chi connectivity index (χ2v) is 4.38. The van der Waals surface area contributed by atoms with Gasteiger partial charge in [-0.15, -0.1) is 0 Å². The van der Waals surface area contributed by atoms with Crippen molar-refractivity contribution >= 4 is 11.8 Å². The third-order valence-electron chi connectivity index (χ3n) is 2.95. The van der Waals surface area contributed by atoms with Gasteiger partial charge in [0.05, 0.1) is 13.2 Å². The number of Topliss-reactive ketones (excluding diaryl/α,β-unsaturated/α-hetero) is 1. The van der Waals surface area contributed by atoms with E-state index in [0.717, 1.165) is 37.7 Å². The molecule has 0 aromatic heterocycles. The lowest BCUT2D eigenvalue weighted by atomic mass is 10.0. The van der Waals surface area contributed by atoms with Gasteiger partial charge in [-0.2, -0.15) is 0 Å². The highest BCUT2D eigenvalue weighted by Crippen LogP contribution is 2.20. The van der Waals surface area contributed by atoms with Crippen LogP contribution in [0.3, 0.4) is 0 Å². The third kappa shape index (κ3) is 5.13. The van der Waals surface area contributed by atoms with Crippen LogP contribution < -0.4 is 0 Å². The van der Waals surface area contributed by atoms with Crippen molar-refractivity contribution in [1.29, 1.82) is 0 Å². The average Bonchev–Trinajstić information content (AvgIpc) is 2.62. The number of carbonyl (C=O) groups excluding carboxylic acids is 2. The van der Waals surface area contributed by atoms with E-state index in [0.29, 0.717) is 6.42 Å². The van der Waals surface area contributed by atoms with Gasteiger partial charge in [0.2, 0.25) is 0 Å². The molecule has 0 radical (unpaired) electrons. The molecule has 4 heteroatoms. The first-order valence-corrected chi connectivity index (χ1v) is 6.12. The summed E-state index contributed by atoms with van der Waals surface area (Å²) in [5.41, 5.74) is 0.769. The molecule has 0 spiro atoms. The molecule has 1 aliphatic carbocycles.